The van der Waals surface area contributed by atoms with Crippen LogP contribution >= 0.6 is 0 Å². The summed E-state index contributed by atoms with van der Waals surface area (Å²) in [5.74, 6) is -1.50. The molecule has 1 rings (SSSR count). The number of nitrogens with zero attached hydrogens (tertiary/aromatic N) is 1. The average Bonchev–Trinajstić information content (AvgIpc) is 2.36. The Labute approximate surface area is 110 Å². The second kappa shape index (κ2) is 7.32. The minimum absolute atomic E-state index is 0.0598. The van der Waals surface area contributed by atoms with Crippen LogP contribution in [0.25, 0.3) is 0 Å². The minimum atomic E-state index is -1.20. The van der Waals surface area contributed by atoms with E-state index in [0.717, 1.165) is 0 Å². The molecule has 0 aliphatic rings. The molecule has 1 aromatic heterocycles. The number of pyridine rings is 1. The maximum absolute atomic E-state index is 11.5. The highest BCUT2D eigenvalue weighted by atomic mass is 16.5. The summed E-state index contributed by atoms with van der Waals surface area (Å²) in [6.07, 6.45) is 1.34. The SMILES string of the molecule is COCC(C)NC(=O)COc1cccnc1C(=O)O. The number of aromatic nitrogens is 1. The van der Waals surface area contributed by atoms with E-state index >= 15 is 0 Å². The zero-order valence-electron chi connectivity index (χ0n) is 10.8. The number of carbonyl (C=O) groups excluding carboxylic acids is 1. The molecule has 0 bridgehead atoms. The van der Waals surface area contributed by atoms with Crippen LogP contribution in [0.5, 0.6) is 5.75 Å². The van der Waals surface area contributed by atoms with Crippen molar-refractivity contribution in [1.82, 2.24) is 10.3 Å². The molecule has 0 saturated carbocycles. The molecule has 1 aromatic rings. The lowest BCUT2D eigenvalue weighted by molar-refractivity contribution is -0.124. The highest BCUT2D eigenvalue weighted by Gasteiger charge is 2.14. The van der Waals surface area contributed by atoms with Gasteiger partial charge in [-0.1, -0.05) is 0 Å². The van der Waals surface area contributed by atoms with Crippen molar-refractivity contribution in [2.45, 2.75) is 13.0 Å². The van der Waals surface area contributed by atoms with Gasteiger partial charge in [0.1, 0.15) is 0 Å². The molecule has 104 valence electrons. The van der Waals surface area contributed by atoms with Crippen LogP contribution in [0.3, 0.4) is 0 Å². The van der Waals surface area contributed by atoms with Crippen LogP contribution in [0.2, 0.25) is 0 Å². The van der Waals surface area contributed by atoms with E-state index in [2.05, 4.69) is 10.3 Å². The number of rotatable bonds is 7. The molecular weight excluding hydrogens is 252 g/mol. The summed E-state index contributed by atoms with van der Waals surface area (Å²) in [7, 11) is 1.54. The van der Waals surface area contributed by atoms with Crippen molar-refractivity contribution in [2.24, 2.45) is 0 Å². The zero-order valence-corrected chi connectivity index (χ0v) is 10.8. The lowest BCUT2D eigenvalue weighted by atomic mass is 10.3. The molecular formula is C12H16N2O5. The van der Waals surface area contributed by atoms with Crippen molar-refractivity contribution in [1.29, 1.82) is 0 Å². The highest BCUT2D eigenvalue weighted by molar-refractivity contribution is 5.88. The number of hydrogen-bond donors (Lipinski definition) is 2. The van der Waals surface area contributed by atoms with Crippen molar-refractivity contribution in [3.05, 3.63) is 24.0 Å². The molecule has 0 aliphatic heterocycles. The quantitative estimate of drug-likeness (QED) is 0.738. The van der Waals surface area contributed by atoms with Crippen LogP contribution in [0.1, 0.15) is 17.4 Å². The van der Waals surface area contributed by atoms with Crippen molar-refractivity contribution >= 4 is 11.9 Å². The second-order valence-electron chi connectivity index (χ2n) is 3.87. The van der Waals surface area contributed by atoms with E-state index in [1.165, 1.54) is 25.4 Å². The standard InChI is InChI=1S/C12H16N2O5/c1-8(6-18-2)14-10(15)7-19-9-4-3-5-13-11(9)12(16)17/h3-5,8H,6-7H2,1-2H3,(H,14,15)(H,16,17). The summed E-state index contributed by atoms with van der Waals surface area (Å²) < 4.78 is 10.0. The largest absolute Gasteiger partial charge is 0.481 e. The van der Waals surface area contributed by atoms with Crippen LogP contribution in [0.15, 0.2) is 18.3 Å². The summed E-state index contributed by atoms with van der Waals surface area (Å²) in [6.45, 7) is 1.90. The predicted molar refractivity (Wildman–Crippen MR) is 66.2 cm³/mol. The van der Waals surface area contributed by atoms with Crippen molar-refractivity contribution < 1.29 is 24.2 Å². The number of nitrogens with one attached hydrogen (secondary N) is 1. The van der Waals surface area contributed by atoms with Gasteiger partial charge in [-0.25, -0.2) is 9.78 Å². The number of hydrogen-bond acceptors (Lipinski definition) is 5. The molecule has 19 heavy (non-hydrogen) atoms. The third-order valence-corrected chi connectivity index (χ3v) is 2.16. The van der Waals surface area contributed by atoms with E-state index < -0.39 is 5.97 Å². The molecule has 0 spiro atoms. The van der Waals surface area contributed by atoms with Gasteiger partial charge in [-0.05, 0) is 19.1 Å². The van der Waals surface area contributed by atoms with Gasteiger partial charge in [0, 0.05) is 19.3 Å². The molecule has 7 heteroatoms. The van der Waals surface area contributed by atoms with Gasteiger partial charge in [0.15, 0.2) is 18.1 Å². The Morgan fingerprint density at radius 2 is 2.26 bits per heavy atom. The first-order chi connectivity index (χ1) is 9.04. The smallest absolute Gasteiger partial charge is 0.358 e. The molecule has 0 radical (unpaired) electrons. The first-order valence-corrected chi connectivity index (χ1v) is 5.64. The van der Waals surface area contributed by atoms with Gasteiger partial charge in [0.05, 0.1) is 6.61 Å². The van der Waals surface area contributed by atoms with Gasteiger partial charge in [0.2, 0.25) is 0 Å². The number of ether oxygens (including phenoxy) is 2. The molecule has 0 aliphatic carbocycles. The first kappa shape index (κ1) is 14.9. The zero-order chi connectivity index (χ0) is 14.3. The Morgan fingerprint density at radius 1 is 1.53 bits per heavy atom. The van der Waals surface area contributed by atoms with E-state index in [-0.39, 0.29) is 30.0 Å². The maximum atomic E-state index is 11.5. The van der Waals surface area contributed by atoms with E-state index in [4.69, 9.17) is 14.6 Å². The fraction of sp³-hybridized carbons (Fsp3) is 0.417. The van der Waals surface area contributed by atoms with Crippen molar-refractivity contribution in [2.75, 3.05) is 20.3 Å². The first-order valence-electron chi connectivity index (χ1n) is 5.64. The van der Waals surface area contributed by atoms with Crippen LogP contribution in [0, 0.1) is 0 Å². The van der Waals surface area contributed by atoms with Crippen LogP contribution in [-0.2, 0) is 9.53 Å². The van der Waals surface area contributed by atoms with E-state index in [0.29, 0.717) is 6.61 Å². The lowest BCUT2D eigenvalue weighted by Crippen LogP contribution is -2.38. The number of methoxy groups -OCH3 is 1. The molecule has 1 atom stereocenters. The topological polar surface area (TPSA) is 97.8 Å². The monoisotopic (exact) mass is 268 g/mol. The van der Waals surface area contributed by atoms with Crippen LogP contribution < -0.4 is 10.1 Å². The molecule has 0 fully saturated rings. The van der Waals surface area contributed by atoms with E-state index in [1.807, 2.05) is 0 Å². The van der Waals surface area contributed by atoms with E-state index in [9.17, 15) is 9.59 Å². The Balaban J connectivity index is 2.53. The normalized spacial score (nSPS) is 11.7. The number of aromatic carboxylic acids is 1. The predicted octanol–water partition coefficient (Wildman–Crippen LogP) is 0.310. The molecule has 0 aromatic carbocycles. The molecule has 1 amide bonds. The molecule has 2 N–H and O–H groups in total. The van der Waals surface area contributed by atoms with Gasteiger partial charge in [0.25, 0.3) is 5.91 Å². The Bertz CT molecular complexity index is 450. The summed E-state index contributed by atoms with van der Waals surface area (Å²) in [6, 6.07) is 2.84. The number of carbonyl (C=O) groups is 2. The minimum Gasteiger partial charge on any atom is -0.481 e. The summed E-state index contributed by atoms with van der Waals surface area (Å²) in [5.41, 5.74) is -0.222. The van der Waals surface area contributed by atoms with Crippen molar-refractivity contribution in [3.8, 4) is 5.75 Å². The number of carboxylic acids is 1. The Morgan fingerprint density at radius 3 is 2.89 bits per heavy atom. The molecule has 0 saturated heterocycles. The van der Waals surface area contributed by atoms with Gasteiger partial charge in [-0.15, -0.1) is 0 Å². The highest BCUT2D eigenvalue weighted by Crippen LogP contribution is 2.14. The lowest BCUT2D eigenvalue weighted by Gasteiger charge is -2.13. The van der Waals surface area contributed by atoms with Gasteiger partial charge in [-0.3, -0.25) is 4.79 Å². The fourth-order valence-electron chi connectivity index (χ4n) is 1.42. The Kier molecular flexibility index (Phi) is 5.74. The maximum Gasteiger partial charge on any atom is 0.358 e. The number of amides is 1. The third kappa shape index (κ3) is 4.92. The van der Waals surface area contributed by atoms with Crippen molar-refractivity contribution in [3.63, 3.8) is 0 Å². The molecule has 1 unspecified atom stereocenters. The molecule has 7 nitrogen and oxygen atoms in total. The number of carboxylic acid groups (broad SMARTS) is 1. The molecule has 1 heterocycles. The summed E-state index contributed by atoms with van der Waals surface area (Å²) in [5, 5.41) is 11.5. The van der Waals surface area contributed by atoms with Gasteiger partial charge in [-0.2, -0.15) is 0 Å². The average molecular weight is 268 g/mol. The fourth-order valence-corrected chi connectivity index (χ4v) is 1.42. The van der Waals surface area contributed by atoms with Gasteiger partial charge >= 0.3 is 5.97 Å². The van der Waals surface area contributed by atoms with Gasteiger partial charge < -0.3 is 19.9 Å². The summed E-state index contributed by atoms with van der Waals surface area (Å²) in [4.78, 5) is 26.1. The summed E-state index contributed by atoms with van der Waals surface area (Å²) >= 11 is 0. The van der Waals surface area contributed by atoms with E-state index in [1.54, 1.807) is 6.92 Å². The Hall–Kier alpha value is -2.15. The van der Waals surface area contributed by atoms with Crippen LogP contribution in [0.4, 0.5) is 0 Å². The third-order valence-electron chi connectivity index (χ3n) is 2.16. The van der Waals surface area contributed by atoms with Crippen LogP contribution in [-0.4, -0.2) is 48.3 Å². The second-order valence-corrected chi connectivity index (χ2v) is 3.87.